The van der Waals surface area contributed by atoms with Crippen molar-refractivity contribution in [3.8, 4) is 11.4 Å². The van der Waals surface area contributed by atoms with Gasteiger partial charge in [-0.15, -0.1) is 10.2 Å². The van der Waals surface area contributed by atoms with Crippen molar-refractivity contribution < 1.29 is 0 Å². The summed E-state index contributed by atoms with van der Waals surface area (Å²) >= 11 is 7.49. The van der Waals surface area contributed by atoms with Gasteiger partial charge in [-0.25, -0.2) is 0 Å². The van der Waals surface area contributed by atoms with E-state index in [1.807, 2.05) is 40.9 Å². The normalized spacial score (nSPS) is 11.2. The van der Waals surface area contributed by atoms with Crippen LogP contribution in [-0.4, -0.2) is 19.8 Å². The number of nitrogens with zero attached hydrogens (tertiary/aromatic N) is 4. The zero-order valence-corrected chi connectivity index (χ0v) is 14.0. The highest BCUT2D eigenvalue weighted by atomic mass is 35.5. The van der Waals surface area contributed by atoms with E-state index in [2.05, 4.69) is 34.4 Å². The molecule has 0 aliphatic heterocycles. The van der Waals surface area contributed by atoms with E-state index < -0.39 is 0 Å². The fourth-order valence-electron chi connectivity index (χ4n) is 2.39. The molecular weight excluding hydrogens is 328 g/mol. The van der Waals surface area contributed by atoms with Gasteiger partial charge >= 0.3 is 0 Å². The molecule has 114 valence electrons. The fraction of sp³-hybridized carbons (Fsp3) is 0.118. The minimum Gasteiger partial charge on any atom is -0.183 e. The van der Waals surface area contributed by atoms with Gasteiger partial charge in [0, 0.05) is 17.0 Å². The van der Waals surface area contributed by atoms with Gasteiger partial charge in [0.2, 0.25) is 4.96 Å². The van der Waals surface area contributed by atoms with Crippen LogP contribution < -0.4 is 0 Å². The van der Waals surface area contributed by atoms with Gasteiger partial charge in [-0.05, 0) is 24.6 Å². The Morgan fingerprint density at radius 2 is 1.74 bits per heavy atom. The summed E-state index contributed by atoms with van der Waals surface area (Å²) in [7, 11) is 0. The molecule has 0 saturated heterocycles. The Hall–Kier alpha value is -2.24. The Kier molecular flexibility index (Phi) is 3.59. The summed E-state index contributed by atoms with van der Waals surface area (Å²) in [6, 6.07) is 16.1. The van der Waals surface area contributed by atoms with Crippen LogP contribution in [-0.2, 0) is 6.42 Å². The lowest BCUT2D eigenvalue weighted by molar-refractivity contribution is 0.918. The van der Waals surface area contributed by atoms with Crippen molar-refractivity contribution in [1.82, 2.24) is 19.8 Å². The molecule has 0 fully saturated rings. The molecule has 4 nitrogen and oxygen atoms in total. The monoisotopic (exact) mass is 340 g/mol. The van der Waals surface area contributed by atoms with E-state index in [0.29, 0.717) is 0 Å². The van der Waals surface area contributed by atoms with E-state index in [0.717, 1.165) is 32.8 Å². The van der Waals surface area contributed by atoms with Gasteiger partial charge in [0.15, 0.2) is 5.82 Å². The summed E-state index contributed by atoms with van der Waals surface area (Å²) in [5.74, 6) is 0.776. The van der Waals surface area contributed by atoms with E-state index >= 15 is 0 Å². The Morgan fingerprint density at radius 1 is 1.00 bits per heavy atom. The Labute approximate surface area is 142 Å². The fourth-order valence-corrected chi connectivity index (χ4v) is 3.38. The van der Waals surface area contributed by atoms with Crippen molar-refractivity contribution in [3.63, 3.8) is 0 Å². The molecule has 0 bridgehead atoms. The van der Waals surface area contributed by atoms with Gasteiger partial charge in [-0.3, -0.25) is 0 Å². The van der Waals surface area contributed by atoms with Crippen LogP contribution in [0.2, 0.25) is 5.02 Å². The third-order valence-electron chi connectivity index (χ3n) is 3.61. The Morgan fingerprint density at radius 3 is 2.48 bits per heavy atom. The third-order valence-corrected chi connectivity index (χ3v) is 4.76. The highest BCUT2D eigenvalue weighted by molar-refractivity contribution is 7.16. The molecule has 23 heavy (non-hydrogen) atoms. The first-order valence-corrected chi connectivity index (χ1v) is 8.41. The smallest absolute Gasteiger partial charge is 0.183 e. The molecule has 4 aromatic rings. The lowest BCUT2D eigenvalue weighted by Gasteiger charge is -1.99. The quantitative estimate of drug-likeness (QED) is 0.555. The molecule has 0 saturated carbocycles. The molecule has 0 spiro atoms. The Balaban J connectivity index is 1.68. The minimum absolute atomic E-state index is 0.744. The molecule has 0 aliphatic carbocycles. The standard InChI is InChI=1S/C17H13ClN4S/c1-11-2-6-13(7-3-11)16-19-20-17-22(16)21-15(23-17)10-12-4-8-14(18)9-5-12/h2-9H,10H2,1H3. The summed E-state index contributed by atoms with van der Waals surface area (Å²) in [5, 5.41) is 14.9. The van der Waals surface area contributed by atoms with Crippen molar-refractivity contribution in [2.45, 2.75) is 13.3 Å². The van der Waals surface area contributed by atoms with Gasteiger partial charge < -0.3 is 0 Å². The van der Waals surface area contributed by atoms with Gasteiger partial charge in [0.1, 0.15) is 5.01 Å². The highest BCUT2D eigenvalue weighted by Gasteiger charge is 2.13. The van der Waals surface area contributed by atoms with Crippen LogP contribution in [0.1, 0.15) is 16.1 Å². The van der Waals surface area contributed by atoms with Crippen molar-refractivity contribution in [2.24, 2.45) is 0 Å². The van der Waals surface area contributed by atoms with Crippen LogP contribution in [0.25, 0.3) is 16.3 Å². The lowest BCUT2D eigenvalue weighted by atomic mass is 10.1. The first kappa shape index (κ1) is 14.4. The minimum atomic E-state index is 0.744. The molecular formula is C17H13ClN4S. The van der Waals surface area contributed by atoms with E-state index in [4.69, 9.17) is 11.6 Å². The number of aromatic nitrogens is 4. The molecule has 2 heterocycles. The predicted octanol–water partition coefficient (Wildman–Crippen LogP) is 4.41. The van der Waals surface area contributed by atoms with Crippen LogP contribution in [0.5, 0.6) is 0 Å². The summed E-state index contributed by atoms with van der Waals surface area (Å²) < 4.78 is 1.82. The molecule has 2 aromatic carbocycles. The number of hydrogen-bond acceptors (Lipinski definition) is 4. The second-order valence-corrected chi connectivity index (χ2v) is 6.86. The maximum atomic E-state index is 5.93. The first-order chi connectivity index (χ1) is 11.2. The molecule has 0 aliphatic rings. The maximum Gasteiger partial charge on any atom is 0.234 e. The highest BCUT2D eigenvalue weighted by Crippen LogP contribution is 2.23. The summed E-state index contributed by atoms with van der Waals surface area (Å²) in [6.07, 6.45) is 0.762. The van der Waals surface area contributed by atoms with Gasteiger partial charge in [-0.2, -0.15) is 9.61 Å². The van der Waals surface area contributed by atoms with Crippen LogP contribution in [0.4, 0.5) is 0 Å². The van der Waals surface area contributed by atoms with Crippen molar-refractivity contribution >= 4 is 27.9 Å². The van der Waals surface area contributed by atoms with E-state index in [1.54, 1.807) is 11.3 Å². The number of fused-ring (bicyclic) bond motifs is 1. The molecule has 0 atom stereocenters. The summed E-state index contributed by atoms with van der Waals surface area (Å²) in [6.45, 7) is 2.07. The summed E-state index contributed by atoms with van der Waals surface area (Å²) in [4.78, 5) is 0.810. The number of halogens is 1. The van der Waals surface area contributed by atoms with Crippen molar-refractivity contribution in [3.05, 3.63) is 69.7 Å². The topological polar surface area (TPSA) is 43.1 Å². The SMILES string of the molecule is Cc1ccc(-c2nnc3sc(Cc4ccc(Cl)cc4)nn23)cc1. The number of aryl methyl sites for hydroxylation is 1. The number of hydrogen-bond donors (Lipinski definition) is 0. The number of rotatable bonds is 3. The maximum absolute atomic E-state index is 5.93. The first-order valence-electron chi connectivity index (χ1n) is 7.22. The van der Waals surface area contributed by atoms with Crippen LogP contribution in [0.15, 0.2) is 48.5 Å². The molecule has 0 unspecified atom stereocenters. The van der Waals surface area contributed by atoms with Crippen molar-refractivity contribution in [1.29, 1.82) is 0 Å². The van der Waals surface area contributed by atoms with Crippen LogP contribution >= 0.6 is 22.9 Å². The third kappa shape index (κ3) is 2.85. The van der Waals surface area contributed by atoms with E-state index in [9.17, 15) is 0 Å². The molecule has 0 N–H and O–H groups in total. The van der Waals surface area contributed by atoms with Crippen LogP contribution in [0, 0.1) is 6.92 Å². The molecule has 2 aromatic heterocycles. The average Bonchev–Trinajstić information content (AvgIpc) is 3.11. The summed E-state index contributed by atoms with van der Waals surface area (Å²) in [5.41, 5.74) is 3.42. The Bertz CT molecular complexity index is 955. The van der Waals surface area contributed by atoms with E-state index in [1.165, 1.54) is 11.1 Å². The molecule has 0 radical (unpaired) electrons. The largest absolute Gasteiger partial charge is 0.234 e. The molecule has 4 rings (SSSR count). The van der Waals surface area contributed by atoms with Crippen molar-refractivity contribution in [2.75, 3.05) is 0 Å². The molecule has 6 heteroatoms. The predicted molar refractivity (Wildman–Crippen MR) is 93.1 cm³/mol. The second-order valence-electron chi connectivity index (χ2n) is 5.38. The zero-order valence-electron chi connectivity index (χ0n) is 12.4. The average molecular weight is 341 g/mol. The molecule has 0 amide bonds. The van der Waals surface area contributed by atoms with E-state index in [-0.39, 0.29) is 0 Å². The zero-order chi connectivity index (χ0) is 15.8. The lowest BCUT2D eigenvalue weighted by Crippen LogP contribution is -1.93. The van der Waals surface area contributed by atoms with Gasteiger partial charge in [0.25, 0.3) is 0 Å². The van der Waals surface area contributed by atoms with Crippen LogP contribution in [0.3, 0.4) is 0 Å². The second kappa shape index (κ2) is 5.76. The number of benzene rings is 2. The van der Waals surface area contributed by atoms with Gasteiger partial charge in [-0.1, -0.05) is 64.9 Å². The van der Waals surface area contributed by atoms with Gasteiger partial charge in [0.05, 0.1) is 0 Å².